The summed E-state index contributed by atoms with van der Waals surface area (Å²) in [5.41, 5.74) is 8.85. The first-order valence-corrected chi connectivity index (χ1v) is 41.0. The Hall–Kier alpha value is -12.0. The third-order valence-corrected chi connectivity index (χ3v) is 22.9. The molecule has 2 atom stereocenters. The molecule has 2 unspecified atom stereocenters. The molecule has 0 spiro atoms. The summed E-state index contributed by atoms with van der Waals surface area (Å²) < 4.78 is 18.0. The van der Waals surface area contributed by atoms with Crippen LogP contribution in [0.2, 0.25) is 0 Å². The van der Waals surface area contributed by atoms with Crippen LogP contribution >= 0.6 is 0 Å². The summed E-state index contributed by atoms with van der Waals surface area (Å²) >= 11 is 0. The minimum absolute atomic E-state index is 0.0277. The molecule has 7 aliphatic heterocycles. The molecule has 28 heteroatoms. The Morgan fingerprint density at radius 1 is 0.453 bits per heavy atom. The lowest BCUT2D eigenvalue weighted by Crippen LogP contribution is -2.60. The number of piperazine rings is 3. The molecule has 4 N–H and O–H groups in total. The van der Waals surface area contributed by atoms with Gasteiger partial charge in [-0.3, -0.25) is 24.1 Å². The number of hydrogen-bond acceptors (Lipinski definition) is 24. The predicted molar refractivity (Wildman–Crippen MR) is 455 cm³/mol. The minimum Gasteiger partial charge on any atom is -0.508 e. The normalized spacial score (nSPS) is 17.5. The van der Waals surface area contributed by atoms with Crippen LogP contribution in [0.5, 0.6) is 35.3 Å². The third-order valence-electron chi connectivity index (χ3n) is 22.9. The number of nitrogens with zero attached hydrogens (tertiary/aromatic N) is 17. The predicted octanol–water partition coefficient (Wildman–Crippen LogP) is 9.46. The largest absolute Gasteiger partial charge is 0.508 e. The van der Waals surface area contributed by atoms with Gasteiger partial charge in [-0.25, -0.2) is 0 Å². The highest BCUT2D eigenvalue weighted by Gasteiger charge is 2.40. The fourth-order valence-corrected chi connectivity index (χ4v) is 17.0. The lowest BCUT2D eigenvalue weighted by atomic mass is 10.0. The summed E-state index contributed by atoms with van der Waals surface area (Å²) in [5, 5.41) is 47.5. The van der Waals surface area contributed by atoms with Gasteiger partial charge >= 0.3 is 18.0 Å². The average Bonchev–Trinajstić information content (AvgIpc) is 0.769. The number of anilines is 6. The molecule has 4 amide bonds. The number of rotatable bonds is 21. The van der Waals surface area contributed by atoms with Crippen molar-refractivity contribution in [2.45, 2.75) is 96.9 Å². The van der Waals surface area contributed by atoms with Crippen molar-refractivity contribution in [3.63, 3.8) is 0 Å². The van der Waals surface area contributed by atoms with Gasteiger partial charge in [0.15, 0.2) is 0 Å². The number of fused-ring (bicyclic) bond motifs is 6. The maximum atomic E-state index is 13.1. The van der Waals surface area contributed by atoms with Crippen molar-refractivity contribution >= 4 is 90.5 Å². The first-order chi connectivity index (χ1) is 56.9. The van der Waals surface area contributed by atoms with Gasteiger partial charge in [-0.2, -0.15) is 29.9 Å². The number of piperidine rings is 1. The van der Waals surface area contributed by atoms with E-state index in [0.717, 1.165) is 159 Å². The van der Waals surface area contributed by atoms with Crippen LogP contribution in [0.1, 0.15) is 79.7 Å². The van der Waals surface area contributed by atoms with E-state index < -0.39 is 6.04 Å². The second kappa shape index (κ2) is 37.3. The number of benzene rings is 6. The Bertz CT molecular complexity index is 5130. The Morgan fingerprint density at radius 3 is 1.26 bits per heavy atom. The van der Waals surface area contributed by atoms with Gasteiger partial charge in [0, 0.05) is 174 Å². The average molecular weight is 1590 g/mol. The maximum Gasteiger partial charge on any atom is 0.318 e. The molecule has 28 nitrogen and oxygen atoms in total. The van der Waals surface area contributed by atoms with Gasteiger partial charge in [0.25, 0.3) is 0 Å². The van der Waals surface area contributed by atoms with Crippen molar-refractivity contribution < 1.29 is 53.8 Å². The number of aliphatic hydroxyl groups is 1. The van der Waals surface area contributed by atoms with E-state index in [1.807, 2.05) is 91.5 Å². The quantitative estimate of drug-likeness (QED) is 0.0487. The smallest absolute Gasteiger partial charge is 0.318 e. The third kappa shape index (κ3) is 18.5. The fourth-order valence-electron chi connectivity index (χ4n) is 17.0. The van der Waals surface area contributed by atoms with Crippen LogP contribution in [-0.4, -0.2) is 256 Å². The summed E-state index contributed by atoms with van der Waals surface area (Å²) in [6.07, 6.45) is 11.6. The Morgan fingerprint density at radius 2 is 0.846 bits per heavy atom. The number of phenols is 3. The van der Waals surface area contributed by atoms with Crippen LogP contribution in [0.3, 0.4) is 0 Å². The molecule has 0 bridgehead atoms. The molecule has 4 fully saturated rings. The van der Waals surface area contributed by atoms with Crippen molar-refractivity contribution in [2.75, 3.05) is 175 Å². The highest BCUT2D eigenvalue weighted by molar-refractivity contribution is 5.98. The summed E-state index contributed by atoms with van der Waals surface area (Å²) in [6.45, 7) is 28.8. The number of aliphatic hydroxyl groups excluding tert-OH is 1. The van der Waals surface area contributed by atoms with Gasteiger partial charge in [0.2, 0.25) is 23.6 Å². The monoisotopic (exact) mass is 1590 g/mol. The standard InChI is InChI=1S/C31H38N6O3.C30H36N6O4.C28H33N5O4/c1-2-29(39)35-14-16-36(17-15-35)30-26-10-13-37(28-21-24(38)20-23-8-4-5-9-25(23)28)22-27(26)32-31(33-30)40-19-18-34-11-6-3-7-12-34;1-5-15-40-30-31-24-18-34(25-17-21(37)16-20-9-7-8-10-22(20)25)12-11-23(24)28(32-30)35-13-14-36(27(38)6-2)26(19-35)29(39)33(3)4;1-3-13-37-28-29-24-17-31(25-15-21(35)14-19-7-5-6-8-22(19)25)10-9-23(24)27(30-28)32-11-12-33(26(36)4-2)20(16-32)18-34/h2,4-5,8-9,20-21,38H,1,3,6-7,10-19,22H2;6-10,16-17,26,37H,2,5,11-15,18-19H2,1,3-4H3;4-8,14-15,20,34-35H,2-3,9-13,16-18H2,1H3. The second-order valence-corrected chi connectivity index (χ2v) is 30.8. The molecule has 0 radical (unpaired) electrons. The number of phenolic OH excluding ortho intramolecular Hbond substituents is 3. The van der Waals surface area contributed by atoms with Gasteiger partial charge in [0.05, 0.1) is 62.6 Å². The van der Waals surface area contributed by atoms with Crippen molar-refractivity contribution in [1.29, 1.82) is 0 Å². The molecule has 10 heterocycles. The zero-order chi connectivity index (χ0) is 81.8. The van der Waals surface area contributed by atoms with Crippen LogP contribution < -0.4 is 43.6 Å². The van der Waals surface area contributed by atoms with E-state index in [0.29, 0.717) is 136 Å². The van der Waals surface area contributed by atoms with E-state index in [9.17, 15) is 39.6 Å². The number of aromatic nitrogens is 6. The van der Waals surface area contributed by atoms with Crippen LogP contribution in [0.25, 0.3) is 32.3 Å². The van der Waals surface area contributed by atoms with Gasteiger partial charge in [-0.05, 0) is 111 Å². The number of ether oxygens (including phenoxy) is 3. The molecule has 9 aromatic rings. The van der Waals surface area contributed by atoms with Crippen molar-refractivity contribution in [2.24, 2.45) is 0 Å². The zero-order valence-corrected chi connectivity index (χ0v) is 67.6. The molecule has 7 aliphatic rings. The molecule has 117 heavy (non-hydrogen) atoms. The molecular formula is C89H107N17O11. The Balaban J connectivity index is 0.000000145. The van der Waals surface area contributed by atoms with Gasteiger partial charge < -0.3 is 83.6 Å². The van der Waals surface area contributed by atoms with E-state index in [1.165, 1.54) is 42.4 Å². The van der Waals surface area contributed by atoms with Crippen LogP contribution in [0, 0.1) is 0 Å². The Labute approximate surface area is 683 Å². The van der Waals surface area contributed by atoms with E-state index in [1.54, 1.807) is 42.1 Å². The van der Waals surface area contributed by atoms with E-state index in [-0.39, 0.29) is 53.5 Å². The number of likely N-dealkylation sites (tertiary alicyclic amines) is 1. The number of hydrogen-bond donors (Lipinski definition) is 4. The molecule has 3 aromatic heterocycles. The second-order valence-electron chi connectivity index (χ2n) is 30.8. The SMILES string of the molecule is C=CC(=O)N1CCN(c2nc(OCCC)nc3c2CCN(c2cc(O)cc4ccccc24)C3)CC1C(=O)N(C)C.C=CC(=O)N1CCN(c2nc(OCCC)nc3c2CCN(c2cc(O)cc4ccccc24)C3)CC1CO.C=CC(=O)N1CCN(c2nc(OCCN3CCCCC3)nc3c2CCN(c2cc(O)cc4ccccc24)C3)CC1. The summed E-state index contributed by atoms with van der Waals surface area (Å²) in [5.74, 6) is 2.58. The van der Waals surface area contributed by atoms with Gasteiger partial charge in [-0.1, -0.05) is 113 Å². The lowest BCUT2D eigenvalue weighted by molar-refractivity contribution is -0.142. The van der Waals surface area contributed by atoms with Gasteiger partial charge in [-0.15, -0.1) is 0 Å². The minimum atomic E-state index is -0.654. The number of aromatic hydroxyl groups is 3. The number of likely N-dealkylation sites (N-methyl/N-ethyl adjacent to an activating group) is 1. The highest BCUT2D eigenvalue weighted by Crippen LogP contribution is 2.42. The van der Waals surface area contributed by atoms with Crippen LogP contribution in [-0.2, 0) is 58.1 Å². The topological polar surface area (TPSA) is 290 Å². The fraction of sp³-hybridized carbons (Fsp3) is 0.416. The molecule has 0 saturated carbocycles. The van der Waals surface area contributed by atoms with E-state index in [2.05, 4.69) is 72.2 Å². The van der Waals surface area contributed by atoms with E-state index in [4.69, 9.17) is 44.1 Å². The zero-order valence-electron chi connectivity index (χ0n) is 67.6. The van der Waals surface area contributed by atoms with Crippen LogP contribution in [0.4, 0.5) is 34.5 Å². The van der Waals surface area contributed by atoms with E-state index >= 15 is 0 Å². The maximum absolute atomic E-state index is 13.1. The summed E-state index contributed by atoms with van der Waals surface area (Å²) in [6, 6.07) is 35.1. The number of carbonyl (C=O) groups excluding carboxylic acids is 4. The molecule has 4 saturated heterocycles. The lowest BCUT2D eigenvalue weighted by Gasteiger charge is -2.42. The van der Waals surface area contributed by atoms with Crippen molar-refractivity contribution in [3.8, 4) is 35.3 Å². The van der Waals surface area contributed by atoms with Crippen molar-refractivity contribution in [3.05, 3.63) is 181 Å². The Kier molecular flexibility index (Phi) is 26.0. The molecule has 0 aliphatic carbocycles. The summed E-state index contributed by atoms with van der Waals surface area (Å²) in [7, 11) is 3.39. The first kappa shape index (κ1) is 81.5. The van der Waals surface area contributed by atoms with Crippen molar-refractivity contribution in [1.82, 2.24) is 54.4 Å². The molecule has 16 rings (SSSR count). The van der Waals surface area contributed by atoms with Gasteiger partial charge in [0.1, 0.15) is 47.4 Å². The molecular weight excluding hydrogens is 1480 g/mol. The van der Waals surface area contributed by atoms with Crippen LogP contribution in [0.15, 0.2) is 147 Å². The molecule has 614 valence electrons. The number of carbonyl (C=O) groups is 4. The summed E-state index contributed by atoms with van der Waals surface area (Å²) in [4.78, 5) is 102. The molecule has 6 aromatic carbocycles. The highest BCUT2D eigenvalue weighted by atomic mass is 16.5. The first-order valence-electron chi connectivity index (χ1n) is 41.0. The number of amides is 4.